The molecule has 15 aliphatic rings. The molecule has 5 aromatic rings. The number of nitrogen functional groups attached to an aromatic ring is 1. The zero-order valence-corrected chi connectivity index (χ0v) is 70.8. The van der Waals surface area contributed by atoms with Gasteiger partial charge in [0.1, 0.15) is 18.2 Å². The van der Waals surface area contributed by atoms with Crippen LogP contribution in [0.1, 0.15) is 227 Å². The van der Waals surface area contributed by atoms with E-state index in [9.17, 15) is 21.6 Å². The lowest BCUT2D eigenvalue weighted by Gasteiger charge is -2.55. The van der Waals surface area contributed by atoms with Gasteiger partial charge in [-0.15, -0.1) is 0 Å². The maximum atomic E-state index is 12.6. The number of hydrogen-bond donors (Lipinski definition) is 4. The first kappa shape index (κ1) is 83.0. The van der Waals surface area contributed by atoms with Crippen molar-refractivity contribution in [1.82, 2.24) is 24.5 Å². The molecule has 19 heteroatoms. The Morgan fingerprint density at radius 1 is 0.465 bits per heavy atom. The van der Waals surface area contributed by atoms with Gasteiger partial charge in [-0.2, -0.15) is 21.6 Å². The van der Waals surface area contributed by atoms with Gasteiger partial charge in [-0.1, -0.05) is 124 Å². The number of nitrogens with zero attached hydrogens (tertiary/aromatic N) is 6. The lowest BCUT2D eigenvalue weighted by molar-refractivity contribution is -0.122. The maximum Gasteiger partial charge on any atom is 0.534 e. The number of anilines is 1. The number of fused-ring (bicyclic) bond motifs is 20. The second kappa shape index (κ2) is 32.6. The van der Waals surface area contributed by atoms with Crippen molar-refractivity contribution >= 4 is 28.0 Å². The fourth-order valence-corrected chi connectivity index (χ4v) is 23.9. The van der Waals surface area contributed by atoms with E-state index in [1.165, 1.54) is 213 Å². The van der Waals surface area contributed by atoms with Gasteiger partial charge in [-0.25, -0.2) is 4.85 Å². The van der Waals surface area contributed by atoms with Crippen LogP contribution < -0.4 is 26.1 Å². The van der Waals surface area contributed by atoms with Crippen molar-refractivity contribution in [1.29, 1.82) is 0 Å². The predicted molar refractivity (Wildman–Crippen MR) is 449 cm³/mol. The molecule has 620 valence electrons. The standard InChI is InChI=1S/C19H24F3NO3S.C19H28N2O.C19H24N2.C19H28N2.C18H26N2.CH2O2/c1-12-17-9-14-5-6-15(26-27(24,25)19(20,21)22)10-16(14)18(12,2)7-8-23(17)11-13-3-4-13;1-13-18-9-15-5-6-16(22-12-20)10-17(15)19(13,2)7-8-21(18)11-14-3-4-14;1-13-18-10-15-6-7-16(20-3)11-17(15)19(13,2)8-9-21(18)12-14-4-5-14;1-13-18-10-16-6-5-15(11-20)9-17(16)19(13,2)7-8-21(18)12-14-3-4-14;1-12-17-9-14-5-6-15(19)10-16(14)18(12,2)7-8-20(17)11-13-3-4-13;2-1-3/h5-6,10,12-13,17H,3-4,7-9,11H2,1-2H3;5-6,10,13-14,18H,3-4,7-9,11-12,20H2,1-2H3;6-7,11,13-14,18H,4-5,8-10,12H2,1-2H3;5-6,9,13-14,18H,3-4,7-8,10-12,20H2,1-2H3;5-6,10,12-13,17H,3-4,7-9,11,19H2,1-2H3;1H,(H,2,3)/t12?,17?,18-;3*13?,18?,19-;12?,17?,18-;/m00000./s1. The molecule has 0 amide bonds. The van der Waals surface area contributed by atoms with Gasteiger partial charge < -0.3 is 25.5 Å². The third kappa shape index (κ3) is 16.6. The first-order chi connectivity index (χ1) is 54.3. The van der Waals surface area contributed by atoms with Crippen LogP contribution in [0.5, 0.6) is 11.5 Å². The minimum Gasteiger partial charge on any atom is -0.483 e. The Morgan fingerprint density at radius 3 is 1.07 bits per heavy atom. The van der Waals surface area contributed by atoms with E-state index >= 15 is 0 Å². The number of ether oxygens (including phenoxy) is 1. The van der Waals surface area contributed by atoms with E-state index in [0.717, 1.165) is 108 Å². The van der Waals surface area contributed by atoms with Crippen LogP contribution >= 0.6 is 0 Å². The molecule has 20 rings (SSSR count). The van der Waals surface area contributed by atoms with E-state index in [2.05, 4.69) is 169 Å². The Labute approximate surface area is 679 Å². The van der Waals surface area contributed by atoms with Gasteiger partial charge in [0.2, 0.25) is 0 Å². The summed E-state index contributed by atoms with van der Waals surface area (Å²) in [5, 5.41) is 6.89. The number of nitrogens with two attached hydrogens (primary N) is 3. The Balaban J connectivity index is 0.000000112. The van der Waals surface area contributed by atoms with Gasteiger partial charge in [0.05, 0.1) is 6.57 Å². The third-order valence-electron chi connectivity index (χ3n) is 32.7. The van der Waals surface area contributed by atoms with Crippen LogP contribution in [0.3, 0.4) is 0 Å². The summed E-state index contributed by atoms with van der Waals surface area (Å²) >= 11 is 0. The number of piperidine rings is 5. The van der Waals surface area contributed by atoms with Gasteiger partial charge in [0.15, 0.2) is 5.69 Å². The van der Waals surface area contributed by atoms with Crippen LogP contribution in [0.2, 0.25) is 0 Å². The molecule has 5 aromatic carbocycles. The number of rotatable bonds is 15. The second-order valence-corrected chi connectivity index (χ2v) is 41.0. The van der Waals surface area contributed by atoms with E-state index < -0.39 is 15.6 Å². The molecule has 15 nitrogen and oxygen atoms in total. The molecule has 0 aromatic heterocycles. The molecular weight excluding hydrogens is 1450 g/mol. The molecule has 15 atom stereocenters. The average molecular weight is 1590 g/mol. The van der Waals surface area contributed by atoms with Crippen molar-refractivity contribution in [3.8, 4) is 11.5 Å². The summed E-state index contributed by atoms with van der Waals surface area (Å²) in [4.78, 5) is 25.7. The van der Waals surface area contributed by atoms with Gasteiger partial charge in [-0.3, -0.25) is 35.0 Å². The molecule has 10 bridgehead atoms. The summed E-state index contributed by atoms with van der Waals surface area (Å²) < 4.78 is 70.5. The van der Waals surface area contributed by atoms with Crippen LogP contribution in [-0.4, -0.2) is 152 Å². The Morgan fingerprint density at radius 2 is 0.754 bits per heavy atom. The quantitative estimate of drug-likeness (QED) is 0.0193. The highest BCUT2D eigenvalue weighted by atomic mass is 32.2. The van der Waals surface area contributed by atoms with Gasteiger partial charge >= 0.3 is 15.6 Å². The highest BCUT2D eigenvalue weighted by molar-refractivity contribution is 7.88. The minimum absolute atomic E-state index is 0.195. The van der Waals surface area contributed by atoms with Crippen molar-refractivity contribution in [2.45, 2.75) is 267 Å². The molecule has 10 unspecified atom stereocenters. The molecule has 5 aliphatic heterocycles. The van der Waals surface area contributed by atoms with E-state index in [4.69, 9.17) is 38.4 Å². The maximum absolute atomic E-state index is 12.6. The summed E-state index contributed by atoms with van der Waals surface area (Å²) in [5.41, 5.74) is 30.3. The fraction of sp³-hybridized carbons (Fsp3) is 0.663. The molecule has 5 heterocycles. The lowest BCUT2D eigenvalue weighted by atomic mass is 9.59. The molecule has 5 saturated carbocycles. The fourth-order valence-electron chi connectivity index (χ4n) is 23.5. The highest BCUT2D eigenvalue weighted by Crippen LogP contribution is 2.56. The minimum atomic E-state index is -5.66. The highest BCUT2D eigenvalue weighted by Gasteiger charge is 2.56. The Bertz CT molecular complexity index is 4460. The van der Waals surface area contributed by atoms with Gasteiger partial charge in [0.25, 0.3) is 6.47 Å². The van der Waals surface area contributed by atoms with Crippen molar-refractivity contribution in [2.75, 3.05) is 77.9 Å². The lowest BCUT2D eigenvalue weighted by Crippen LogP contribution is -2.58. The van der Waals surface area contributed by atoms with Crippen molar-refractivity contribution in [2.24, 2.45) is 70.6 Å². The zero-order valence-electron chi connectivity index (χ0n) is 70.0. The molecule has 5 saturated heterocycles. The predicted octanol–water partition coefficient (Wildman–Crippen LogP) is 16.9. The van der Waals surface area contributed by atoms with E-state index in [1.807, 2.05) is 6.07 Å². The Kier molecular flexibility index (Phi) is 23.7. The smallest absolute Gasteiger partial charge is 0.483 e. The number of carbonyl (C=O) groups is 1. The second-order valence-electron chi connectivity index (χ2n) is 39.4. The van der Waals surface area contributed by atoms with Crippen molar-refractivity contribution in [3.05, 3.63) is 164 Å². The molecule has 0 radical (unpaired) electrons. The van der Waals surface area contributed by atoms with Gasteiger partial charge in [-0.05, 0) is 345 Å². The van der Waals surface area contributed by atoms with Crippen LogP contribution in [0.15, 0.2) is 91.0 Å². The first-order valence-electron chi connectivity index (χ1n) is 44.0. The number of benzene rings is 5. The van der Waals surface area contributed by atoms with Crippen molar-refractivity contribution in [3.63, 3.8) is 0 Å². The van der Waals surface area contributed by atoms with Crippen LogP contribution in [0.25, 0.3) is 4.85 Å². The van der Waals surface area contributed by atoms with E-state index in [0.29, 0.717) is 53.3 Å². The summed E-state index contributed by atoms with van der Waals surface area (Å²) in [6, 6.07) is 34.5. The van der Waals surface area contributed by atoms with Crippen LogP contribution in [-0.2, 0) is 80.6 Å². The molecular formula is C95H132F3N9O6S. The van der Waals surface area contributed by atoms with E-state index in [-0.39, 0.29) is 35.2 Å². The largest absolute Gasteiger partial charge is 0.534 e. The molecule has 10 aliphatic carbocycles. The van der Waals surface area contributed by atoms with Crippen LogP contribution in [0.4, 0.5) is 24.5 Å². The zero-order chi connectivity index (χ0) is 80.8. The third-order valence-corrected chi connectivity index (χ3v) is 33.7. The van der Waals surface area contributed by atoms with Gasteiger partial charge in [0, 0.05) is 75.2 Å². The first-order valence-corrected chi connectivity index (χ1v) is 45.4. The summed E-state index contributed by atoms with van der Waals surface area (Å²) in [6.07, 6.45) is 25.9. The monoisotopic (exact) mass is 1580 g/mol. The Hall–Kier alpha value is -6.08. The molecule has 0 spiro atoms. The number of halogens is 3. The van der Waals surface area contributed by atoms with Crippen molar-refractivity contribution < 1.29 is 40.4 Å². The van der Waals surface area contributed by atoms with E-state index in [1.54, 1.807) is 22.8 Å². The van der Waals surface area contributed by atoms with Crippen LogP contribution in [0, 0.1) is 65.8 Å². The normalized spacial score (nSPS) is 33.6. The average Bonchev–Trinajstić information content (AvgIpc) is 0.952. The summed E-state index contributed by atoms with van der Waals surface area (Å²) in [5.74, 6) is 8.67. The number of alkyl halides is 3. The number of likely N-dealkylation sites (tertiary alicyclic amines) is 5. The number of carboxylic acid groups (broad SMARTS) is 1. The SMILES string of the molecule is CC1C2Cc3ccc(CN)cc3[C@@]1(C)CCN2CC1CC1.CC1C2Cc3ccc(N)cc3[C@@]1(C)CCN2CC1CC1.CC1C2Cc3ccc(OCN)cc3[C@@]1(C)CCN2CC1CC1.CC1C2Cc3ccc(OS(=O)(=O)C(F)(F)F)cc3[C@@]1(C)CCN2CC1CC1.O=CO.[C-]#[N+]c1ccc2c(c1)[C@@]1(C)CCN(CC3CC3)C(C2)C1C. The number of hydrogen-bond acceptors (Lipinski definition) is 13. The molecule has 114 heavy (non-hydrogen) atoms. The summed E-state index contributed by atoms with van der Waals surface area (Å²) in [6.45, 7) is 44.5. The molecule has 7 N–H and O–H groups in total. The molecule has 10 fully saturated rings. The summed E-state index contributed by atoms with van der Waals surface area (Å²) in [7, 11) is -5.66. The topological polar surface area (TPSA) is 189 Å².